The number of alkyl halides is 4. The number of thiazole rings is 1. The number of nitrogens with one attached hydrogen (secondary N) is 1. The fourth-order valence-electron chi connectivity index (χ4n) is 1.08. The molecule has 0 aliphatic carbocycles. The smallest absolute Gasteiger partial charge is 0.330 e. The van der Waals surface area contributed by atoms with Crippen LogP contribution in [0.5, 0.6) is 0 Å². The minimum atomic E-state index is -4.11. The number of rotatable bonds is 7. The van der Waals surface area contributed by atoms with Crippen LogP contribution in [0.15, 0.2) is 5.38 Å². The Bertz CT molecular complexity index is 373. The first-order valence-electron chi connectivity index (χ1n) is 5.22. The number of ether oxygens (including phenoxy) is 1. The quantitative estimate of drug-likeness (QED) is 0.783. The van der Waals surface area contributed by atoms with Gasteiger partial charge in [-0.05, 0) is 14.0 Å². The lowest BCUT2D eigenvalue weighted by Gasteiger charge is -2.14. The number of hydrogen-bond donors (Lipinski definition) is 1. The van der Waals surface area contributed by atoms with E-state index in [9.17, 15) is 17.6 Å². The standard InChI is InChI=1S/C10H14F4N2OS/c1-6(15-2)7-4-18-8(16-7)3-17-5-10(13,14)9(11)12/h4,6,9,15H,3,5H2,1-2H3. The molecular weight excluding hydrogens is 272 g/mol. The van der Waals surface area contributed by atoms with E-state index in [1.165, 1.54) is 11.3 Å². The third-order valence-corrected chi connectivity index (χ3v) is 3.13. The highest BCUT2D eigenvalue weighted by atomic mass is 32.1. The van der Waals surface area contributed by atoms with Gasteiger partial charge < -0.3 is 10.1 Å². The van der Waals surface area contributed by atoms with Crippen molar-refractivity contribution in [2.24, 2.45) is 0 Å². The molecular formula is C10H14F4N2OS. The highest BCUT2D eigenvalue weighted by molar-refractivity contribution is 7.09. The largest absolute Gasteiger partial charge is 0.368 e. The van der Waals surface area contributed by atoms with E-state index in [2.05, 4.69) is 15.0 Å². The normalized spacial score (nSPS) is 14.2. The van der Waals surface area contributed by atoms with Gasteiger partial charge in [-0.3, -0.25) is 0 Å². The molecule has 1 unspecified atom stereocenters. The Kier molecular flexibility index (Phi) is 5.48. The summed E-state index contributed by atoms with van der Waals surface area (Å²) in [5.74, 6) is -4.11. The zero-order valence-electron chi connectivity index (χ0n) is 9.92. The van der Waals surface area contributed by atoms with Crippen LogP contribution in [-0.4, -0.2) is 31.0 Å². The molecule has 0 bridgehead atoms. The Labute approximate surface area is 106 Å². The van der Waals surface area contributed by atoms with E-state index in [4.69, 9.17) is 0 Å². The first-order chi connectivity index (χ1) is 8.36. The molecule has 0 aromatic carbocycles. The van der Waals surface area contributed by atoms with E-state index in [1.54, 1.807) is 12.4 Å². The second-order valence-electron chi connectivity index (χ2n) is 3.73. The average molecular weight is 286 g/mol. The van der Waals surface area contributed by atoms with Crippen molar-refractivity contribution in [3.8, 4) is 0 Å². The summed E-state index contributed by atoms with van der Waals surface area (Å²) in [4.78, 5) is 4.14. The highest BCUT2D eigenvalue weighted by Crippen LogP contribution is 2.24. The van der Waals surface area contributed by atoms with Crippen LogP contribution >= 0.6 is 11.3 Å². The van der Waals surface area contributed by atoms with E-state index in [0.29, 0.717) is 5.01 Å². The van der Waals surface area contributed by atoms with Gasteiger partial charge in [-0.15, -0.1) is 11.3 Å². The molecule has 1 N–H and O–H groups in total. The summed E-state index contributed by atoms with van der Waals surface area (Å²) in [5.41, 5.74) is 0.765. The summed E-state index contributed by atoms with van der Waals surface area (Å²) in [6, 6.07) is 0.0394. The van der Waals surface area contributed by atoms with Crippen molar-refractivity contribution in [1.82, 2.24) is 10.3 Å². The van der Waals surface area contributed by atoms with E-state index in [0.717, 1.165) is 5.69 Å². The summed E-state index contributed by atoms with van der Waals surface area (Å²) in [5, 5.41) is 5.23. The maximum absolute atomic E-state index is 12.5. The van der Waals surface area contributed by atoms with Crippen LogP contribution in [0.3, 0.4) is 0 Å². The minimum Gasteiger partial charge on any atom is -0.368 e. The molecule has 1 rings (SSSR count). The van der Waals surface area contributed by atoms with Crippen molar-refractivity contribution >= 4 is 11.3 Å². The number of halogens is 4. The van der Waals surface area contributed by atoms with Gasteiger partial charge in [0.15, 0.2) is 0 Å². The summed E-state index contributed by atoms with van der Waals surface area (Å²) in [7, 11) is 1.77. The summed E-state index contributed by atoms with van der Waals surface area (Å²) >= 11 is 1.24. The Morgan fingerprint density at radius 1 is 1.50 bits per heavy atom. The molecule has 0 saturated carbocycles. The van der Waals surface area contributed by atoms with E-state index < -0.39 is 19.0 Å². The molecule has 0 amide bonds. The molecule has 0 saturated heterocycles. The van der Waals surface area contributed by atoms with E-state index in [-0.39, 0.29) is 12.6 Å². The van der Waals surface area contributed by atoms with Gasteiger partial charge in [-0.25, -0.2) is 13.8 Å². The second kappa shape index (κ2) is 6.44. The highest BCUT2D eigenvalue weighted by Gasteiger charge is 2.40. The van der Waals surface area contributed by atoms with Crippen LogP contribution in [0.1, 0.15) is 23.7 Å². The van der Waals surface area contributed by atoms with Crippen LogP contribution in [0.4, 0.5) is 17.6 Å². The zero-order valence-corrected chi connectivity index (χ0v) is 10.7. The topological polar surface area (TPSA) is 34.1 Å². The van der Waals surface area contributed by atoms with Crippen LogP contribution in [-0.2, 0) is 11.3 Å². The maximum atomic E-state index is 12.5. The van der Waals surface area contributed by atoms with Gasteiger partial charge in [0.25, 0.3) is 0 Å². The Morgan fingerprint density at radius 2 is 2.17 bits per heavy atom. The molecule has 0 spiro atoms. The Balaban J connectivity index is 2.43. The number of hydrogen-bond acceptors (Lipinski definition) is 4. The molecule has 18 heavy (non-hydrogen) atoms. The lowest BCUT2D eigenvalue weighted by molar-refractivity contribution is -0.168. The fourth-order valence-corrected chi connectivity index (χ4v) is 1.90. The first kappa shape index (κ1) is 15.3. The zero-order chi connectivity index (χ0) is 13.8. The van der Waals surface area contributed by atoms with E-state index in [1.807, 2.05) is 6.92 Å². The lowest BCUT2D eigenvalue weighted by atomic mass is 10.3. The molecule has 8 heteroatoms. The summed E-state index contributed by atoms with van der Waals surface area (Å²) in [6.45, 7) is 0.398. The Hall–Kier alpha value is -0.730. The summed E-state index contributed by atoms with van der Waals surface area (Å²) < 4.78 is 53.3. The van der Waals surface area contributed by atoms with Crippen molar-refractivity contribution in [1.29, 1.82) is 0 Å². The van der Waals surface area contributed by atoms with Crippen LogP contribution in [0.2, 0.25) is 0 Å². The van der Waals surface area contributed by atoms with Gasteiger partial charge in [0.2, 0.25) is 0 Å². The van der Waals surface area contributed by atoms with Crippen molar-refractivity contribution in [2.45, 2.75) is 31.9 Å². The molecule has 104 valence electrons. The van der Waals surface area contributed by atoms with Gasteiger partial charge in [0.1, 0.15) is 11.6 Å². The predicted molar refractivity (Wildman–Crippen MR) is 60.2 cm³/mol. The molecule has 1 atom stereocenters. The Morgan fingerprint density at radius 3 is 2.72 bits per heavy atom. The fraction of sp³-hybridized carbons (Fsp3) is 0.700. The third kappa shape index (κ3) is 4.18. The first-order valence-corrected chi connectivity index (χ1v) is 6.10. The van der Waals surface area contributed by atoms with Gasteiger partial charge >= 0.3 is 12.3 Å². The van der Waals surface area contributed by atoms with Crippen molar-refractivity contribution < 1.29 is 22.3 Å². The monoisotopic (exact) mass is 286 g/mol. The minimum absolute atomic E-state index is 0.0394. The van der Waals surface area contributed by atoms with Crippen LogP contribution < -0.4 is 5.32 Å². The van der Waals surface area contributed by atoms with Gasteiger partial charge in [0, 0.05) is 11.4 Å². The molecule has 0 aliphatic rings. The molecule has 3 nitrogen and oxygen atoms in total. The number of nitrogens with zero attached hydrogens (tertiary/aromatic N) is 1. The van der Waals surface area contributed by atoms with Gasteiger partial charge in [0.05, 0.1) is 12.3 Å². The van der Waals surface area contributed by atoms with Crippen molar-refractivity contribution in [3.05, 3.63) is 16.1 Å². The predicted octanol–water partition coefficient (Wildman–Crippen LogP) is 2.84. The molecule has 0 aliphatic heterocycles. The average Bonchev–Trinajstić information content (AvgIpc) is 2.76. The maximum Gasteiger partial charge on any atom is 0.330 e. The van der Waals surface area contributed by atoms with Gasteiger partial charge in [-0.1, -0.05) is 0 Å². The molecule has 0 radical (unpaired) electrons. The lowest BCUT2D eigenvalue weighted by Crippen LogP contribution is -2.32. The molecule has 0 fully saturated rings. The molecule has 1 heterocycles. The van der Waals surface area contributed by atoms with Crippen LogP contribution in [0.25, 0.3) is 0 Å². The number of aromatic nitrogens is 1. The SMILES string of the molecule is CNC(C)c1csc(COCC(F)(F)C(F)F)n1. The second-order valence-corrected chi connectivity index (χ2v) is 4.67. The van der Waals surface area contributed by atoms with Crippen molar-refractivity contribution in [3.63, 3.8) is 0 Å². The van der Waals surface area contributed by atoms with Gasteiger partial charge in [-0.2, -0.15) is 8.78 Å². The van der Waals surface area contributed by atoms with Crippen molar-refractivity contribution in [2.75, 3.05) is 13.7 Å². The third-order valence-electron chi connectivity index (χ3n) is 2.29. The summed E-state index contributed by atoms with van der Waals surface area (Å²) in [6.07, 6.45) is -3.71. The molecule has 1 aromatic rings. The van der Waals surface area contributed by atoms with E-state index >= 15 is 0 Å². The van der Waals surface area contributed by atoms with Crippen LogP contribution in [0, 0.1) is 0 Å². The molecule has 1 aromatic heterocycles.